The minimum Gasteiger partial charge on any atom is -0.492 e. The average Bonchev–Trinajstić information content (AvgIpc) is 3.48. The van der Waals surface area contributed by atoms with Crippen LogP contribution in [-0.4, -0.2) is 57.5 Å². The molecule has 3 amide bonds. The smallest absolute Gasteiger partial charge is 0.408 e. The lowest BCUT2D eigenvalue weighted by atomic mass is 9.99. The summed E-state index contributed by atoms with van der Waals surface area (Å²) in [7, 11) is 0. The quantitative estimate of drug-likeness (QED) is 0.596. The molecule has 9 heteroatoms. The predicted molar refractivity (Wildman–Crippen MR) is 136 cm³/mol. The molecule has 2 aliphatic heterocycles. The summed E-state index contributed by atoms with van der Waals surface area (Å²) in [6, 6.07) is 12.2. The Hall–Kier alpha value is -3.26. The van der Waals surface area contributed by atoms with Crippen LogP contribution in [0.25, 0.3) is 0 Å². The molecule has 1 saturated heterocycles. The third-order valence-electron chi connectivity index (χ3n) is 6.83. The van der Waals surface area contributed by atoms with Crippen LogP contribution in [0, 0.1) is 0 Å². The summed E-state index contributed by atoms with van der Waals surface area (Å²) >= 11 is 6.22. The summed E-state index contributed by atoms with van der Waals surface area (Å²) in [5.41, 5.74) is 1.76. The minimum atomic E-state index is -1.02. The molecule has 2 aromatic carbocycles. The molecule has 0 spiro atoms. The minimum absolute atomic E-state index is 0.0941. The highest BCUT2D eigenvalue weighted by Gasteiger charge is 2.40. The third-order valence-corrected chi connectivity index (χ3v) is 7.06. The van der Waals surface area contributed by atoms with E-state index in [0.717, 1.165) is 28.9 Å². The SMILES string of the molecule is CC(C)(C)N(Cc1ccc(Cl)cc1CNC(=O)[C@@H]1CCCN1C(=O)C1COc2ccccc21)C(=O)O. The number of para-hydroxylation sites is 1. The molecule has 1 unspecified atom stereocenters. The summed E-state index contributed by atoms with van der Waals surface area (Å²) in [5, 5.41) is 13.1. The van der Waals surface area contributed by atoms with Crippen molar-refractivity contribution in [3.8, 4) is 5.75 Å². The first-order valence-corrected chi connectivity index (χ1v) is 12.5. The number of hydrogen-bond acceptors (Lipinski definition) is 4. The highest BCUT2D eigenvalue weighted by Crippen LogP contribution is 2.36. The van der Waals surface area contributed by atoms with Gasteiger partial charge in [-0.25, -0.2) is 4.79 Å². The molecule has 2 N–H and O–H groups in total. The topological polar surface area (TPSA) is 99.2 Å². The summed E-state index contributed by atoms with van der Waals surface area (Å²) in [5.74, 6) is -0.0167. The molecule has 0 aromatic heterocycles. The Bertz CT molecular complexity index is 1160. The number of carboxylic acid groups (broad SMARTS) is 1. The molecule has 36 heavy (non-hydrogen) atoms. The van der Waals surface area contributed by atoms with Crippen LogP contribution < -0.4 is 10.1 Å². The van der Waals surface area contributed by atoms with Crippen LogP contribution >= 0.6 is 11.6 Å². The van der Waals surface area contributed by atoms with Crippen molar-refractivity contribution in [2.75, 3.05) is 13.2 Å². The lowest BCUT2D eigenvalue weighted by molar-refractivity contribution is -0.139. The molecule has 8 nitrogen and oxygen atoms in total. The number of ether oxygens (including phenoxy) is 1. The van der Waals surface area contributed by atoms with Gasteiger partial charge in [-0.05, 0) is 62.9 Å². The van der Waals surface area contributed by atoms with E-state index >= 15 is 0 Å². The largest absolute Gasteiger partial charge is 0.492 e. The fourth-order valence-electron chi connectivity index (χ4n) is 4.85. The fourth-order valence-corrected chi connectivity index (χ4v) is 5.04. The molecule has 192 valence electrons. The Labute approximate surface area is 216 Å². The van der Waals surface area contributed by atoms with Crippen molar-refractivity contribution < 1.29 is 24.2 Å². The van der Waals surface area contributed by atoms with Gasteiger partial charge in [-0.3, -0.25) is 14.5 Å². The van der Waals surface area contributed by atoms with Gasteiger partial charge in [-0.2, -0.15) is 0 Å². The molecule has 0 radical (unpaired) electrons. The van der Waals surface area contributed by atoms with Gasteiger partial charge in [0.1, 0.15) is 24.3 Å². The maximum atomic E-state index is 13.4. The standard InChI is InChI=1S/C27H32ClN3O5/c1-27(2,3)31(26(34)35)15-17-10-11-19(28)13-18(17)14-29-24(32)22-8-6-12-30(22)25(33)21-16-36-23-9-5-4-7-20(21)23/h4-5,7,9-11,13,21-22H,6,8,12,14-16H2,1-3H3,(H,29,32)(H,34,35)/t21?,22-/m0/s1. The van der Waals surface area contributed by atoms with E-state index in [1.807, 2.05) is 45.0 Å². The molecule has 4 rings (SSSR count). The van der Waals surface area contributed by atoms with Crippen molar-refractivity contribution in [3.05, 3.63) is 64.2 Å². The number of hydrogen-bond donors (Lipinski definition) is 2. The van der Waals surface area contributed by atoms with Crippen molar-refractivity contribution in [1.82, 2.24) is 15.1 Å². The molecule has 2 aliphatic rings. The molecular weight excluding hydrogens is 482 g/mol. The van der Waals surface area contributed by atoms with Gasteiger partial charge in [-0.15, -0.1) is 0 Å². The zero-order chi connectivity index (χ0) is 26.0. The number of carbonyl (C=O) groups excluding carboxylic acids is 2. The first kappa shape index (κ1) is 25.8. The molecule has 2 heterocycles. The monoisotopic (exact) mass is 513 g/mol. The highest BCUT2D eigenvalue weighted by atomic mass is 35.5. The molecular formula is C27H32ClN3O5. The molecule has 2 atom stereocenters. The molecule has 0 bridgehead atoms. The van der Waals surface area contributed by atoms with Crippen LogP contribution in [0.5, 0.6) is 5.75 Å². The number of halogens is 1. The third kappa shape index (κ3) is 5.43. The number of rotatable bonds is 6. The summed E-state index contributed by atoms with van der Waals surface area (Å²) in [6.07, 6.45) is 0.317. The number of fused-ring (bicyclic) bond motifs is 1. The maximum Gasteiger partial charge on any atom is 0.408 e. The first-order valence-electron chi connectivity index (χ1n) is 12.1. The Kier molecular flexibility index (Phi) is 7.45. The van der Waals surface area contributed by atoms with Crippen LogP contribution in [0.3, 0.4) is 0 Å². The van der Waals surface area contributed by atoms with E-state index in [9.17, 15) is 19.5 Å². The Morgan fingerprint density at radius 1 is 1.17 bits per heavy atom. The van der Waals surface area contributed by atoms with Gasteiger partial charge < -0.3 is 20.1 Å². The lowest BCUT2D eigenvalue weighted by Crippen LogP contribution is -2.47. The fraction of sp³-hybridized carbons (Fsp3) is 0.444. The normalized spacial score (nSPS) is 18.9. The van der Waals surface area contributed by atoms with Gasteiger partial charge in [0.25, 0.3) is 0 Å². The Morgan fingerprint density at radius 2 is 1.92 bits per heavy atom. The van der Waals surface area contributed by atoms with E-state index in [1.165, 1.54) is 4.90 Å². The van der Waals surface area contributed by atoms with E-state index in [-0.39, 0.29) is 31.5 Å². The number of nitrogens with one attached hydrogen (secondary N) is 1. The van der Waals surface area contributed by atoms with Crippen molar-refractivity contribution >= 4 is 29.5 Å². The van der Waals surface area contributed by atoms with Crippen molar-refractivity contribution in [2.24, 2.45) is 0 Å². The van der Waals surface area contributed by atoms with Gasteiger partial charge in [0, 0.05) is 35.8 Å². The second-order valence-electron chi connectivity index (χ2n) is 10.3. The highest BCUT2D eigenvalue weighted by molar-refractivity contribution is 6.30. The van der Waals surface area contributed by atoms with Crippen LogP contribution in [0.2, 0.25) is 5.02 Å². The van der Waals surface area contributed by atoms with Crippen LogP contribution in [0.15, 0.2) is 42.5 Å². The number of nitrogens with zero attached hydrogens (tertiary/aromatic N) is 2. The summed E-state index contributed by atoms with van der Waals surface area (Å²) in [4.78, 5) is 41.4. The van der Waals surface area contributed by atoms with Crippen LogP contribution in [0.1, 0.15) is 56.2 Å². The summed E-state index contributed by atoms with van der Waals surface area (Å²) in [6.45, 7) is 6.64. The molecule has 0 saturated carbocycles. The maximum absolute atomic E-state index is 13.4. The average molecular weight is 514 g/mol. The summed E-state index contributed by atoms with van der Waals surface area (Å²) < 4.78 is 5.68. The van der Waals surface area contributed by atoms with Gasteiger partial charge in [0.2, 0.25) is 11.8 Å². The van der Waals surface area contributed by atoms with Crippen LogP contribution in [-0.2, 0) is 22.7 Å². The van der Waals surface area contributed by atoms with Crippen molar-refractivity contribution in [1.29, 1.82) is 0 Å². The molecule has 0 aliphatic carbocycles. The first-order chi connectivity index (χ1) is 17.1. The Morgan fingerprint density at radius 3 is 2.64 bits per heavy atom. The Balaban J connectivity index is 1.45. The van der Waals surface area contributed by atoms with Gasteiger partial charge >= 0.3 is 6.09 Å². The van der Waals surface area contributed by atoms with Crippen molar-refractivity contribution in [3.63, 3.8) is 0 Å². The number of amides is 3. The van der Waals surface area contributed by atoms with E-state index in [2.05, 4.69) is 5.32 Å². The van der Waals surface area contributed by atoms with E-state index in [4.69, 9.17) is 16.3 Å². The second kappa shape index (κ2) is 10.4. The number of likely N-dealkylation sites (tertiary alicyclic amines) is 1. The van der Waals surface area contributed by atoms with Crippen LogP contribution in [0.4, 0.5) is 4.79 Å². The van der Waals surface area contributed by atoms with E-state index < -0.39 is 23.6 Å². The van der Waals surface area contributed by atoms with Gasteiger partial charge in [-0.1, -0.05) is 35.9 Å². The lowest BCUT2D eigenvalue weighted by Gasteiger charge is -2.33. The number of benzene rings is 2. The van der Waals surface area contributed by atoms with Gasteiger partial charge in [0.05, 0.1) is 0 Å². The number of carbonyl (C=O) groups is 3. The van der Waals surface area contributed by atoms with Gasteiger partial charge in [0.15, 0.2) is 0 Å². The molecule has 2 aromatic rings. The molecule has 1 fully saturated rings. The predicted octanol–water partition coefficient (Wildman–Crippen LogP) is 4.40. The zero-order valence-electron chi connectivity index (χ0n) is 20.8. The van der Waals surface area contributed by atoms with E-state index in [0.29, 0.717) is 18.0 Å². The van der Waals surface area contributed by atoms with Crippen molar-refractivity contribution in [2.45, 2.75) is 64.2 Å². The zero-order valence-corrected chi connectivity index (χ0v) is 21.5. The second-order valence-corrected chi connectivity index (χ2v) is 10.7. The van der Waals surface area contributed by atoms with E-state index in [1.54, 1.807) is 23.1 Å².